The second-order valence-corrected chi connectivity index (χ2v) is 8.29. The molecular weight excluding hydrogens is 327 g/mol. The highest BCUT2D eigenvalue weighted by molar-refractivity contribution is 7.93. The molecule has 1 rings (SSSR count). The molecule has 0 aromatic heterocycles. The Labute approximate surface area is 123 Å². The summed E-state index contributed by atoms with van der Waals surface area (Å²) >= 11 is 0. The third kappa shape index (κ3) is 5.31. The maximum Gasteiger partial charge on any atom is 0.416 e. The smallest absolute Gasteiger partial charge is 0.398 e. The maximum absolute atomic E-state index is 12.5. The van der Waals surface area contributed by atoms with E-state index in [9.17, 15) is 25.8 Å². The molecule has 0 heterocycles. The molecule has 0 amide bonds. The van der Waals surface area contributed by atoms with E-state index < -0.39 is 32.4 Å². The summed E-state index contributed by atoms with van der Waals surface area (Å²) in [6.07, 6.45) is -4.07. The Balaban J connectivity index is 2.85. The first-order chi connectivity index (χ1) is 9.57. The summed E-state index contributed by atoms with van der Waals surface area (Å²) in [6, 6.07) is 2.51. The van der Waals surface area contributed by atoms with Gasteiger partial charge in [-0.05, 0) is 24.6 Å². The Morgan fingerprint density at radius 3 is 2.33 bits per heavy atom. The van der Waals surface area contributed by atoms with Crippen molar-refractivity contribution in [1.82, 2.24) is 0 Å². The van der Waals surface area contributed by atoms with Crippen LogP contribution in [0.4, 0.5) is 18.9 Å². The molecule has 0 saturated heterocycles. The van der Waals surface area contributed by atoms with Gasteiger partial charge in [0.05, 0.1) is 27.0 Å². The van der Waals surface area contributed by atoms with Crippen LogP contribution in [-0.4, -0.2) is 29.9 Å². The molecule has 0 bridgehead atoms. The van der Waals surface area contributed by atoms with E-state index in [1.165, 1.54) is 0 Å². The van der Waals surface area contributed by atoms with Crippen molar-refractivity contribution in [3.8, 4) is 0 Å². The highest BCUT2D eigenvalue weighted by atomic mass is 32.2. The zero-order chi connectivity index (χ0) is 16.3. The zero-order valence-corrected chi connectivity index (χ0v) is 12.9. The molecule has 1 aromatic carbocycles. The molecule has 0 aliphatic carbocycles. The second kappa shape index (κ2) is 6.78. The number of nitrogen functional groups attached to an aromatic ring is 1. The van der Waals surface area contributed by atoms with Crippen molar-refractivity contribution in [2.24, 2.45) is 0 Å². The first-order valence-corrected chi connectivity index (χ1v) is 9.26. The molecule has 0 aliphatic heterocycles. The SMILES string of the molecule is CCCS(=O)(=O)CCS(=O)c1ccc(C(F)(F)F)cc1N. The Morgan fingerprint density at radius 2 is 1.86 bits per heavy atom. The normalized spacial score (nSPS) is 14.1. The van der Waals surface area contributed by atoms with Crippen LogP contribution in [0.15, 0.2) is 23.1 Å². The second-order valence-electron chi connectivity index (χ2n) is 4.45. The van der Waals surface area contributed by atoms with Crippen molar-refractivity contribution in [2.45, 2.75) is 24.4 Å². The summed E-state index contributed by atoms with van der Waals surface area (Å²) in [7, 11) is -5.04. The lowest BCUT2D eigenvalue weighted by atomic mass is 10.2. The quantitative estimate of drug-likeness (QED) is 0.804. The molecule has 1 unspecified atom stereocenters. The van der Waals surface area contributed by atoms with Crippen LogP contribution in [0.1, 0.15) is 18.9 Å². The van der Waals surface area contributed by atoms with Gasteiger partial charge in [0.1, 0.15) is 0 Å². The van der Waals surface area contributed by atoms with Crippen LogP contribution >= 0.6 is 0 Å². The number of sulfone groups is 1. The largest absolute Gasteiger partial charge is 0.416 e. The first kappa shape index (κ1) is 18.0. The van der Waals surface area contributed by atoms with E-state index in [1.54, 1.807) is 6.92 Å². The molecule has 4 nitrogen and oxygen atoms in total. The van der Waals surface area contributed by atoms with Crippen LogP contribution in [0, 0.1) is 0 Å². The number of hydrogen-bond acceptors (Lipinski definition) is 4. The summed E-state index contributed by atoms with van der Waals surface area (Å²) < 4.78 is 72.4. The van der Waals surface area contributed by atoms with Gasteiger partial charge in [-0.15, -0.1) is 0 Å². The number of alkyl halides is 3. The molecule has 2 N–H and O–H groups in total. The summed E-state index contributed by atoms with van der Waals surface area (Å²) in [5, 5.41) is 0. The topological polar surface area (TPSA) is 77.2 Å². The fourth-order valence-electron chi connectivity index (χ4n) is 1.66. The van der Waals surface area contributed by atoms with Crippen LogP contribution < -0.4 is 5.73 Å². The van der Waals surface area contributed by atoms with Crippen LogP contribution in [0.3, 0.4) is 0 Å². The van der Waals surface area contributed by atoms with E-state index in [4.69, 9.17) is 5.73 Å². The summed E-state index contributed by atoms with van der Waals surface area (Å²) in [4.78, 5) is 0.0229. The minimum absolute atomic E-state index is 0.00725. The molecule has 21 heavy (non-hydrogen) atoms. The number of rotatable bonds is 6. The number of nitrogens with two attached hydrogens (primary N) is 1. The Hall–Kier alpha value is -1.09. The zero-order valence-electron chi connectivity index (χ0n) is 11.3. The van der Waals surface area contributed by atoms with Crippen molar-refractivity contribution in [2.75, 3.05) is 23.0 Å². The molecule has 0 spiro atoms. The van der Waals surface area contributed by atoms with Crippen LogP contribution in [0.25, 0.3) is 0 Å². The lowest BCUT2D eigenvalue weighted by Gasteiger charge is -2.10. The van der Waals surface area contributed by atoms with E-state index in [1.807, 2.05) is 0 Å². The number of anilines is 1. The summed E-state index contributed by atoms with van der Waals surface area (Å²) in [6.45, 7) is 1.71. The average Bonchev–Trinajstić information content (AvgIpc) is 2.35. The Kier molecular flexibility index (Phi) is 5.80. The molecule has 0 radical (unpaired) electrons. The van der Waals surface area contributed by atoms with Crippen molar-refractivity contribution < 1.29 is 25.8 Å². The lowest BCUT2D eigenvalue weighted by molar-refractivity contribution is -0.137. The van der Waals surface area contributed by atoms with Gasteiger partial charge in [-0.3, -0.25) is 4.21 Å². The highest BCUT2D eigenvalue weighted by Crippen LogP contribution is 2.32. The highest BCUT2D eigenvalue weighted by Gasteiger charge is 2.31. The maximum atomic E-state index is 12.5. The van der Waals surface area contributed by atoms with Gasteiger partial charge in [-0.1, -0.05) is 6.92 Å². The van der Waals surface area contributed by atoms with Crippen LogP contribution in [0.2, 0.25) is 0 Å². The number of hydrogen-bond donors (Lipinski definition) is 1. The third-order valence-corrected chi connectivity index (χ3v) is 6.23. The molecule has 1 atom stereocenters. The van der Waals surface area contributed by atoms with Crippen LogP contribution in [0.5, 0.6) is 0 Å². The molecule has 120 valence electrons. The third-order valence-electron chi connectivity index (χ3n) is 2.68. The van der Waals surface area contributed by atoms with Gasteiger partial charge in [0.15, 0.2) is 9.84 Å². The predicted octanol–water partition coefficient (Wildman–Crippen LogP) is 2.22. The van der Waals surface area contributed by atoms with Gasteiger partial charge in [-0.25, -0.2) is 8.42 Å². The molecule has 0 fully saturated rings. The fourth-order valence-corrected chi connectivity index (χ4v) is 4.87. The van der Waals surface area contributed by atoms with Crippen molar-refractivity contribution in [3.05, 3.63) is 23.8 Å². The van der Waals surface area contributed by atoms with E-state index in [0.29, 0.717) is 12.5 Å². The molecule has 0 aliphatic rings. The number of benzene rings is 1. The van der Waals surface area contributed by atoms with Gasteiger partial charge in [0.25, 0.3) is 0 Å². The molecular formula is C12H16F3NO3S2. The molecule has 9 heteroatoms. The fraction of sp³-hybridized carbons (Fsp3) is 0.500. The average molecular weight is 343 g/mol. The van der Waals surface area contributed by atoms with Crippen molar-refractivity contribution in [1.29, 1.82) is 0 Å². The summed E-state index contributed by atoms with van der Waals surface area (Å²) in [5.41, 5.74) is 4.29. The van der Waals surface area contributed by atoms with Crippen molar-refractivity contribution >= 4 is 26.3 Å². The summed E-state index contributed by atoms with van der Waals surface area (Å²) in [5.74, 6) is -0.474. The first-order valence-electron chi connectivity index (χ1n) is 6.12. The van der Waals surface area contributed by atoms with E-state index in [-0.39, 0.29) is 27.8 Å². The van der Waals surface area contributed by atoms with E-state index in [0.717, 1.165) is 12.1 Å². The Bertz CT molecular complexity index is 627. The molecule has 0 saturated carbocycles. The van der Waals surface area contributed by atoms with Crippen molar-refractivity contribution in [3.63, 3.8) is 0 Å². The number of halogens is 3. The Morgan fingerprint density at radius 1 is 1.24 bits per heavy atom. The van der Waals surface area contributed by atoms with E-state index in [2.05, 4.69) is 0 Å². The van der Waals surface area contributed by atoms with Gasteiger partial charge in [0, 0.05) is 17.2 Å². The molecule has 1 aromatic rings. The lowest BCUT2D eigenvalue weighted by Crippen LogP contribution is -2.17. The van der Waals surface area contributed by atoms with Gasteiger partial charge < -0.3 is 5.73 Å². The minimum Gasteiger partial charge on any atom is -0.398 e. The van der Waals surface area contributed by atoms with Crippen LogP contribution in [-0.2, 0) is 26.8 Å². The monoisotopic (exact) mass is 343 g/mol. The standard InChI is InChI=1S/C12H16F3NO3S2/c1-2-6-21(18,19)7-5-20(17)11-4-3-9(8-10(11)16)12(13,14)15/h3-4,8H,2,5-7,16H2,1H3. The van der Waals surface area contributed by atoms with Gasteiger partial charge in [0.2, 0.25) is 0 Å². The predicted molar refractivity (Wildman–Crippen MR) is 76.1 cm³/mol. The van der Waals surface area contributed by atoms with Gasteiger partial charge in [-0.2, -0.15) is 13.2 Å². The minimum atomic E-state index is -4.53. The van der Waals surface area contributed by atoms with Gasteiger partial charge >= 0.3 is 6.18 Å². The van der Waals surface area contributed by atoms with E-state index >= 15 is 0 Å².